The van der Waals surface area contributed by atoms with Gasteiger partial charge in [0, 0.05) is 0 Å². The van der Waals surface area contributed by atoms with Gasteiger partial charge >= 0.3 is 5.97 Å². The van der Waals surface area contributed by atoms with Crippen LogP contribution < -0.4 is 4.74 Å². The summed E-state index contributed by atoms with van der Waals surface area (Å²) in [6.07, 6.45) is 4.36. The van der Waals surface area contributed by atoms with Crippen LogP contribution in [0.5, 0.6) is 5.75 Å². The van der Waals surface area contributed by atoms with Crippen LogP contribution in [0.15, 0.2) is 60.4 Å². The molecule has 0 spiro atoms. The second-order valence-electron chi connectivity index (χ2n) is 6.19. The van der Waals surface area contributed by atoms with Crippen molar-refractivity contribution in [2.45, 2.75) is 39.7 Å². The summed E-state index contributed by atoms with van der Waals surface area (Å²) in [6, 6.07) is 17.6. The molecule has 0 aliphatic carbocycles. The van der Waals surface area contributed by atoms with E-state index in [9.17, 15) is 4.79 Å². The fourth-order valence-corrected chi connectivity index (χ4v) is 2.30. The quantitative estimate of drug-likeness (QED) is 0.231. The zero-order chi connectivity index (χ0) is 19.3. The zero-order valence-electron chi connectivity index (χ0n) is 16.1. The van der Waals surface area contributed by atoms with E-state index in [0.717, 1.165) is 36.1 Å². The molecule has 4 heteroatoms. The molecule has 0 atom stereocenters. The molecule has 0 saturated heterocycles. The predicted octanol–water partition coefficient (Wildman–Crippen LogP) is 5.38. The second-order valence-corrected chi connectivity index (χ2v) is 6.19. The van der Waals surface area contributed by atoms with Crippen molar-refractivity contribution in [3.63, 3.8) is 0 Å². The smallest absolute Gasteiger partial charge is 0.373 e. The average molecular weight is 368 g/mol. The van der Waals surface area contributed by atoms with Crippen molar-refractivity contribution in [1.82, 2.24) is 0 Å². The molecule has 0 heterocycles. The molecule has 0 radical (unpaired) electrons. The number of esters is 1. The van der Waals surface area contributed by atoms with Crippen LogP contribution >= 0.6 is 0 Å². The van der Waals surface area contributed by atoms with Gasteiger partial charge in [0.15, 0.2) is 0 Å². The highest BCUT2D eigenvalue weighted by Crippen LogP contribution is 2.17. The zero-order valence-corrected chi connectivity index (χ0v) is 16.1. The topological polar surface area (TPSA) is 44.8 Å². The summed E-state index contributed by atoms with van der Waals surface area (Å²) in [7, 11) is 0. The molecule has 27 heavy (non-hydrogen) atoms. The third-order valence-corrected chi connectivity index (χ3v) is 3.82. The Hall–Kier alpha value is -2.75. The van der Waals surface area contributed by atoms with Crippen LogP contribution in [0, 0.1) is 0 Å². The Labute approximate surface area is 161 Å². The van der Waals surface area contributed by atoms with Gasteiger partial charge < -0.3 is 14.2 Å². The third-order valence-electron chi connectivity index (χ3n) is 3.82. The summed E-state index contributed by atoms with van der Waals surface area (Å²) in [4.78, 5) is 12.2. The Morgan fingerprint density at radius 3 is 2.30 bits per heavy atom. The number of ether oxygens (including phenoxy) is 3. The van der Waals surface area contributed by atoms with E-state index < -0.39 is 5.97 Å². The van der Waals surface area contributed by atoms with Gasteiger partial charge in [-0.1, -0.05) is 62.7 Å². The monoisotopic (exact) mass is 368 g/mol. The van der Waals surface area contributed by atoms with Gasteiger partial charge in [0.2, 0.25) is 5.76 Å². The van der Waals surface area contributed by atoms with E-state index in [1.807, 2.05) is 61.5 Å². The maximum Gasteiger partial charge on any atom is 0.373 e. The normalized spacial score (nSPS) is 11.1. The van der Waals surface area contributed by atoms with Crippen LogP contribution in [-0.2, 0) is 20.9 Å². The summed E-state index contributed by atoms with van der Waals surface area (Å²) >= 11 is 0. The summed E-state index contributed by atoms with van der Waals surface area (Å²) in [5, 5.41) is 0. The van der Waals surface area contributed by atoms with Crippen molar-refractivity contribution < 1.29 is 19.0 Å². The summed E-state index contributed by atoms with van der Waals surface area (Å²) in [5.74, 6) is 0.602. The number of hydrogen-bond acceptors (Lipinski definition) is 4. The van der Waals surface area contributed by atoms with Gasteiger partial charge in [0.1, 0.15) is 12.4 Å². The van der Waals surface area contributed by atoms with Crippen LogP contribution in [-0.4, -0.2) is 19.2 Å². The third kappa shape index (κ3) is 7.57. The lowest BCUT2D eigenvalue weighted by atomic mass is 10.2. The first kappa shape index (κ1) is 20.6. The van der Waals surface area contributed by atoms with E-state index in [1.54, 1.807) is 6.08 Å². The minimum atomic E-state index is -0.415. The first-order valence-corrected chi connectivity index (χ1v) is 9.51. The van der Waals surface area contributed by atoms with Gasteiger partial charge in [-0.3, -0.25) is 0 Å². The van der Waals surface area contributed by atoms with Gasteiger partial charge in [-0.25, -0.2) is 4.79 Å². The Morgan fingerprint density at radius 1 is 0.889 bits per heavy atom. The van der Waals surface area contributed by atoms with Gasteiger partial charge in [0.05, 0.1) is 13.2 Å². The Bertz CT molecular complexity index is 705. The molecule has 0 aliphatic heterocycles. The fourth-order valence-electron chi connectivity index (χ4n) is 2.30. The predicted molar refractivity (Wildman–Crippen MR) is 107 cm³/mol. The first-order chi connectivity index (χ1) is 13.2. The Balaban J connectivity index is 1.99. The van der Waals surface area contributed by atoms with Gasteiger partial charge in [-0.15, -0.1) is 0 Å². The number of benzene rings is 2. The van der Waals surface area contributed by atoms with Gasteiger partial charge in [0.25, 0.3) is 0 Å². The molecule has 2 aromatic carbocycles. The molecule has 0 saturated carbocycles. The van der Waals surface area contributed by atoms with E-state index in [1.165, 1.54) is 0 Å². The van der Waals surface area contributed by atoms with E-state index >= 15 is 0 Å². The highest BCUT2D eigenvalue weighted by molar-refractivity contribution is 5.91. The maximum absolute atomic E-state index is 12.2. The van der Waals surface area contributed by atoms with Gasteiger partial charge in [-0.05, 0) is 42.2 Å². The number of hydrogen-bond donors (Lipinski definition) is 0. The van der Waals surface area contributed by atoms with Gasteiger partial charge in [-0.2, -0.15) is 0 Å². The molecule has 0 aromatic heterocycles. The number of carbonyl (C=O) groups excluding carboxylic acids is 1. The SMILES string of the molecule is CCCCOC(=O)C(=Cc1ccc(OCc2ccccc2)cc1)OCCC. The van der Waals surface area contributed by atoms with Crippen molar-refractivity contribution in [1.29, 1.82) is 0 Å². The minimum Gasteiger partial charge on any atom is -0.489 e. The Kier molecular flexibility index (Phi) is 8.98. The van der Waals surface area contributed by atoms with Crippen LogP contribution in [0.2, 0.25) is 0 Å². The molecule has 144 valence electrons. The number of rotatable bonds is 11. The molecule has 0 N–H and O–H groups in total. The van der Waals surface area contributed by atoms with Crippen molar-refractivity contribution in [2.75, 3.05) is 13.2 Å². The summed E-state index contributed by atoms with van der Waals surface area (Å²) in [6.45, 7) is 5.46. The summed E-state index contributed by atoms with van der Waals surface area (Å²) < 4.78 is 16.6. The first-order valence-electron chi connectivity index (χ1n) is 9.51. The molecular weight excluding hydrogens is 340 g/mol. The van der Waals surface area contributed by atoms with Crippen LogP contribution in [0.3, 0.4) is 0 Å². The van der Waals surface area contributed by atoms with E-state index in [4.69, 9.17) is 14.2 Å². The van der Waals surface area contributed by atoms with E-state index in [0.29, 0.717) is 19.8 Å². The lowest BCUT2D eigenvalue weighted by Gasteiger charge is -2.10. The molecule has 0 unspecified atom stereocenters. The largest absolute Gasteiger partial charge is 0.489 e. The van der Waals surface area contributed by atoms with E-state index in [2.05, 4.69) is 6.92 Å². The standard InChI is InChI=1S/C23H28O4/c1-3-5-16-26-23(24)22(25-15-4-2)17-19-11-13-21(14-12-19)27-18-20-9-7-6-8-10-20/h6-14,17H,3-5,15-16,18H2,1-2H3. The minimum absolute atomic E-state index is 0.242. The fraction of sp³-hybridized carbons (Fsp3) is 0.348. The summed E-state index contributed by atoms with van der Waals surface area (Å²) in [5.41, 5.74) is 1.98. The average Bonchev–Trinajstić information content (AvgIpc) is 2.71. The molecule has 0 amide bonds. The second kappa shape index (κ2) is 11.8. The van der Waals surface area contributed by atoms with Crippen molar-refractivity contribution in [2.24, 2.45) is 0 Å². The molecule has 0 fully saturated rings. The van der Waals surface area contributed by atoms with Crippen LogP contribution in [0.1, 0.15) is 44.2 Å². The van der Waals surface area contributed by atoms with Crippen molar-refractivity contribution in [3.05, 3.63) is 71.5 Å². The van der Waals surface area contributed by atoms with Crippen molar-refractivity contribution >= 4 is 12.0 Å². The highest BCUT2D eigenvalue weighted by atomic mass is 16.6. The Morgan fingerprint density at radius 2 is 1.63 bits per heavy atom. The maximum atomic E-state index is 12.2. The van der Waals surface area contributed by atoms with E-state index in [-0.39, 0.29) is 5.76 Å². The molecule has 0 bridgehead atoms. The molecule has 0 aliphatic rings. The molecular formula is C23H28O4. The molecule has 4 nitrogen and oxygen atoms in total. The lowest BCUT2D eigenvalue weighted by molar-refractivity contribution is -0.143. The van der Waals surface area contributed by atoms with Crippen LogP contribution in [0.4, 0.5) is 0 Å². The lowest BCUT2D eigenvalue weighted by Crippen LogP contribution is -2.12. The number of unbranched alkanes of at least 4 members (excludes halogenated alkanes) is 1. The molecule has 2 aromatic rings. The highest BCUT2D eigenvalue weighted by Gasteiger charge is 2.12. The van der Waals surface area contributed by atoms with Crippen LogP contribution in [0.25, 0.3) is 6.08 Å². The molecule has 2 rings (SSSR count). The van der Waals surface area contributed by atoms with Crippen molar-refractivity contribution in [3.8, 4) is 5.75 Å². The number of carbonyl (C=O) groups is 1.